The van der Waals surface area contributed by atoms with Crippen molar-refractivity contribution in [1.82, 2.24) is 4.57 Å². The number of benzene rings is 1. The van der Waals surface area contributed by atoms with Crippen LogP contribution < -0.4 is 5.32 Å². The number of ketones is 1. The summed E-state index contributed by atoms with van der Waals surface area (Å²) in [7, 11) is 0. The van der Waals surface area contributed by atoms with Crippen LogP contribution in [0.3, 0.4) is 0 Å². The van der Waals surface area contributed by atoms with E-state index in [1.807, 2.05) is 19.9 Å². The zero-order valence-electron chi connectivity index (χ0n) is 13.8. The van der Waals surface area contributed by atoms with Gasteiger partial charge in [0.25, 0.3) is 0 Å². The molecule has 0 aliphatic heterocycles. The van der Waals surface area contributed by atoms with Crippen molar-refractivity contribution in [3.8, 4) is 0 Å². The number of halogens is 1. The SMILES string of the molecule is Cc1cc(C(=O)CNc2ccc(F)cc2)c(C)n1C(C)(C)C. The van der Waals surface area contributed by atoms with Crippen molar-refractivity contribution < 1.29 is 9.18 Å². The van der Waals surface area contributed by atoms with Crippen LogP contribution in [-0.2, 0) is 5.54 Å². The molecule has 1 aromatic carbocycles. The molecule has 0 saturated carbocycles. The van der Waals surface area contributed by atoms with Gasteiger partial charge in [-0.25, -0.2) is 4.39 Å². The number of nitrogens with one attached hydrogen (secondary N) is 1. The van der Waals surface area contributed by atoms with Gasteiger partial charge in [0.2, 0.25) is 0 Å². The van der Waals surface area contributed by atoms with E-state index in [4.69, 9.17) is 0 Å². The maximum atomic E-state index is 12.9. The lowest BCUT2D eigenvalue weighted by molar-refractivity contribution is 0.101. The summed E-state index contributed by atoms with van der Waals surface area (Å²) in [6.07, 6.45) is 0. The number of carbonyl (C=O) groups is 1. The summed E-state index contributed by atoms with van der Waals surface area (Å²) in [5.74, 6) is -0.251. The molecule has 2 aromatic rings. The summed E-state index contributed by atoms with van der Waals surface area (Å²) in [6, 6.07) is 7.94. The first-order valence-corrected chi connectivity index (χ1v) is 7.42. The molecule has 1 N–H and O–H groups in total. The maximum Gasteiger partial charge on any atom is 0.183 e. The van der Waals surface area contributed by atoms with Gasteiger partial charge in [-0.3, -0.25) is 4.79 Å². The van der Waals surface area contributed by atoms with Gasteiger partial charge >= 0.3 is 0 Å². The van der Waals surface area contributed by atoms with Crippen molar-refractivity contribution in [1.29, 1.82) is 0 Å². The highest BCUT2D eigenvalue weighted by Crippen LogP contribution is 2.24. The van der Waals surface area contributed by atoms with E-state index >= 15 is 0 Å². The summed E-state index contributed by atoms with van der Waals surface area (Å²) in [6.45, 7) is 10.6. The zero-order valence-corrected chi connectivity index (χ0v) is 13.8. The van der Waals surface area contributed by atoms with Gasteiger partial charge in [-0.2, -0.15) is 0 Å². The predicted molar refractivity (Wildman–Crippen MR) is 88.1 cm³/mol. The number of Topliss-reactive ketones (excluding diaryl/α,β-unsaturated/α-hetero) is 1. The number of hydrogen-bond acceptors (Lipinski definition) is 2. The molecule has 2 rings (SSSR count). The number of carbonyl (C=O) groups excluding carboxylic acids is 1. The number of nitrogens with zero attached hydrogens (tertiary/aromatic N) is 1. The van der Waals surface area contributed by atoms with E-state index in [2.05, 4.69) is 30.7 Å². The van der Waals surface area contributed by atoms with E-state index in [1.54, 1.807) is 12.1 Å². The van der Waals surface area contributed by atoms with Crippen molar-refractivity contribution in [3.63, 3.8) is 0 Å². The maximum absolute atomic E-state index is 12.9. The Morgan fingerprint density at radius 2 is 1.77 bits per heavy atom. The second-order valence-corrected chi connectivity index (χ2v) is 6.57. The normalized spacial score (nSPS) is 11.5. The van der Waals surface area contributed by atoms with Crippen molar-refractivity contribution >= 4 is 11.5 Å². The minimum Gasteiger partial charge on any atom is -0.378 e. The summed E-state index contributed by atoms with van der Waals surface area (Å²) >= 11 is 0. The molecular weight excluding hydrogens is 279 g/mol. The Balaban J connectivity index is 2.15. The second kappa shape index (κ2) is 5.95. The smallest absolute Gasteiger partial charge is 0.183 e. The molecule has 0 fully saturated rings. The average molecular weight is 302 g/mol. The van der Waals surface area contributed by atoms with Crippen molar-refractivity contribution in [2.45, 2.75) is 40.2 Å². The highest BCUT2D eigenvalue weighted by Gasteiger charge is 2.22. The van der Waals surface area contributed by atoms with Gasteiger partial charge in [0.15, 0.2) is 5.78 Å². The fourth-order valence-corrected chi connectivity index (χ4v) is 2.92. The Kier molecular flexibility index (Phi) is 4.40. The molecule has 4 heteroatoms. The van der Waals surface area contributed by atoms with E-state index in [1.165, 1.54) is 12.1 Å². The van der Waals surface area contributed by atoms with Crippen LogP contribution in [-0.4, -0.2) is 16.9 Å². The van der Waals surface area contributed by atoms with Crippen LogP contribution in [0, 0.1) is 19.7 Å². The quantitative estimate of drug-likeness (QED) is 0.855. The summed E-state index contributed by atoms with van der Waals surface area (Å²) < 4.78 is 15.0. The Morgan fingerprint density at radius 3 is 2.27 bits per heavy atom. The standard InChI is InChI=1S/C18H23FN2O/c1-12-10-16(13(2)21(12)18(3,4)5)17(22)11-20-15-8-6-14(19)7-9-15/h6-10,20H,11H2,1-5H3. The molecule has 0 unspecified atom stereocenters. The van der Waals surface area contributed by atoms with Gasteiger partial charge in [0, 0.05) is 28.2 Å². The molecule has 0 amide bonds. The highest BCUT2D eigenvalue weighted by atomic mass is 19.1. The van der Waals surface area contributed by atoms with Crippen LogP contribution in [0.5, 0.6) is 0 Å². The van der Waals surface area contributed by atoms with Gasteiger partial charge in [0.05, 0.1) is 6.54 Å². The topological polar surface area (TPSA) is 34.0 Å². The minimum atomic E-state index is -0.286. The third kappa shape index (κ3) is 3.38. The van der Waals surface area contributed by atoms with Crippen LogP contribution in [0.1, 0.15) is 42.5 Å². The first-order valence-electron chi connectivity index (χ1n) is 7.42. The molecular formula is C18H23FN2O. The monoisotopic (exact) mass is 302 g/mol. The van der Waals surface area contributed by atoms with Gasteiger partial charge in [-0.15, -0.1) is 0 Å². The van der Waals surface area contributed by atoms with Crippen LogP contribution in [0.4, 0.5) is 10.1 Å². The van der Waals surface area contributed by atoms with Gasteiger partial charge in [-0.05, 0) is 65.0 Å². The van der Waals surface area contributed by atoms with Crippen LogP contribution in [0.2, 0.25) is 0 Å². The van der Waals surface area contributed by atoms with Gasteiger partial charge in [0.1, 0.15) is 5.82 Å². The number of hydrogen-bond donors (Lipinski definition) is 1. The van der Waals surface area contributed by atoms with E-state index in [0.717, 1.165) is 22.6 Å². The first-order chi connectivity index (χ1) is 10.2. The lowest BCUT2D eigenvalue weighted by atomic mass is 10.1. The third-order valence-corrected chi connectivity index (χ3v) is 3.70. The van der Waals surface area contributed by atoms with Crippen LogP contribution in [0.25, 0.3) is 0 Å². The fraction of sp³-hybridized carbons (Fsp3) is 0.389. The summed E-state index contributed by atoms with van der Waals surface area (Å²) in [4.78, 5) is 12.4. The molecule has 22 heavy (non-hydrogen) atoms. The number of aromatic nitrogens is 1. The lowest BCUT2D eigenvalue weighted by Crippen LogP contribution is -2.24. The Labute approximate surface area is 131 Å². The zero-order chi connectivity index (χ0) is 16.5. The molecule has 1 aromatic heterocycles. The Morgan fingerprint density at radius 1 is 1.18 bits per heavy atom. The molecule has 0 aliphatic carbocycles. The minimum absolute atomic E-state index is 0.0351. The lowest BCUT2D eigenvalue weighted by Gasteiger charge is -2.25. The van der Waals surface area contributed by atoms with E-state index in [0.29, 0.717) is 0 Å². The number of aryl methyl sites for hydroxylation is 1. The Bertz CT molecular complexity index is 678. The average Bonchev–Trinajstić information content (AvgIpc) is 2.72. The third-order valence-electron chi connectivity index (χ3n) is 3.70. The van der Waals surface area contributed by atoms with E-state index in [9.17, 15) is 9.18 Å². The van der Waals surface area contributed by atoms with Crippen LogP contribution in [0.15, 0.2) is 30.3 Å². The fourth-order valence-electron chi connectivity index (χ4n) is 2.92. The van der Waals surface area contributed by atoms with Gasteiger partial charge < -0.3 is 9.88 Å². The molecule has 0 saturated heterocycles. The molecule has 0 bridgehead atoms. The molecule has 118 valence electrons. The van der Waals surface area contributed by atoms with E-state index in [-0.39, 0.29) is 23.7 Å². The molecule has 0 spiro atoms. The molecule has 0 atom stereocenters. The molecule has 1 heterocycles. The predicted octanol–water partition coefficient (Wildman–Crippen LogP) is 4.29. The molecule has 0 aliphatic rings. The highest BCUT2D eigenvalue weighted by molar-refractivity contribution is 6.00. The van der Waals surface area contributed by atoms with Gasteiger partial charge in [-0.1, -0.05) is 0 Å². The second-order valence-electron chi connectivity index (χ2n) is 6.57. The van der Waals surface area contributed by atoms with E-state index < -0.39 is 0 Å². The largest absolute Gasteiger partial charge is 0.378 e. The number of rotatable bonds is 4. The van der Waals surface area contributed by atoms with Crippen molar-refractivity contribution in [3.05, 3.63) is 53.1 Å². The van der Waals surface area contributed by atoms with Crippen LogP contribution >= 0.6 is 0 Å². The molecule has 3 nitrogen and oxygen atoms in total. The Hall–Kier alpha value is -2.10. The van der Waals surface area contributed by atoms with Crippen molar-refractivity contribution in [2.24, 2.45) is 0 Å². The van der Waals surface area contributed by atoms with Crippen molar-refractivity contribution in [2.75, 3.05) is 11.9 Å². The first kappa shape index (κ1) is 16.3. The summed E-state index contributed by atoms with van der Waals surface area (Å²) in [5, 5.41) is 3.04. The molecule has 0 radical (unpaired) electrons. The number of anilines is 1. The summed E-state index contributed by atoms with van der Waals surface area (Å²) in [5.41, 5.74) is 3.48.